The number of thiophene rings is 1. The average Bonchev–Trinajstić information content (AvgIpc) is 3.64. The van der Waals surface area contributed by atoms with Gasteiger partial charge in [0, 0.05) is 45.5 Å². The Balaban J connectivity index is 1.15. The number of H-pyrrole nitrogens is 1. The first-order valence-corrected chi connectivity index (χ1v) is 13.2. The predicted molar refractivity (Wildman–Crippen MR) is 154 cm³/mol. The van der Waals surface area contributed by atoms with Crippen molar-refractivity contribution in [1.82, 2.24) is 30.4 Å². The lowest BCUT2D eigenvalue weighted by Crippen LogP contribution is -1.99. The van der Waals surface area contributed by atoms with Crippen LogP contribution in [0.15, 0.2) is 96.8 Å². The fourth-order valence-corrected chi connectivity index (χ4v) is 5.45. The molecule has 0 saturated carbocycles. The van der Waals surface area contributed by atoms with E-state index in [0.29, 0.717) is 23.3 Å². The molecule has 0 spiro atoms. The van der Waals surface area contributed by atoms with Crippen LogP contribution in [0, 0.1) is 6.92 Å². The van der Waals surface area contributed by atoms with Crippen LogP contribution in [0.1, 0.15) is 5.56 Å². The van der Waals surface area contributed by atoms with E-state index >= 15 is 0 Å². The first kappa shape index (κ1) is 23.0. The number of aromatic nitrogens is 6. The van der Waals surface area contributed by atoms with Gasteiger partial charge in [-0.1, -0.05) is 24.3 Å². The molecule has 2 aromatic carbocycles. The highest BCUT2D eigenvalue weighted by Gasteiger charge is 2.17. The lowest BCUT2D eigenvalue weighted by Gasteiger charge is -2.13. The predicted octanol–water partition coefficient (Wildman–Crippen LogP) is 7.49. The Bertz CT molecular complexity index is 1890. The van der Waals surface area contributed by atoms with Gasteiger partial charge >= 0.3 is 0 Å². The maximum Gasteiger partial charge on any atom is 0.227 e. The smallest absolute Gasteiger partial charge is 0.227 e. The Kier molecular flexibility index (Phi) is 5.68. The molecule has 3 aromatic heterocycles. The lowest BCUT2D eigenvalue weighted by molar-refractivity contribution is 0.465. The largest absolute Gasteiger partial charge is 0.438 e. The zero-order valence-electron chi connectivity index (χ0n) is 20.8. The third-order valence-corrected chi connectivity index (χ3v) is 7.46. The summed E-state index contributed by atoms with van der Waals surface area (Å²) in [5, 5.41) is 24.9. The molecule has 0 atom stereocenters. The summed E-state index contributed by atoms with van der Waals surface area (Å²) in [7, 11) is 0. The Labute approximate surface area is 227 Å². The summed E-state index contributed by atoms with van der Waals surface area (Å²) in [6.07, 6.45) is 5.29. The maximum absolute atomic E-state index is 6.21. The zero-order chi connectivity index (χ0) is 26.2. The number of hydrogen-bond acceptors (Lipinski definition) is 8. The number of benzene rings is 2. The molecule has 5 aromatic rings. The highest BCUT2D eigenvalue weighted by atomic mass is 32.1. The molecule has 7 rings (SSSR count). The van der Waals surface area contributed by atoms with Crippen LogP contribution in [0.2, 0.25) is 0 Å². The van der Waals surface area contributed by atoms with E-state index in [0.717, 1.165) is 43.7 Å². The van der Waals surface area contributed by atoms with Crippen molar-refractivity contribution in [1.29, 1.82) is 0 Å². The van der Waals surface area contributed by atoms with Gasteiger partial charge in [0.2, 0.25) is 5.88 Å². The summed E-state index contributed by atoms with van der Waals surface area (Å²) in [5.74, 6) is 2.58. The third-order valence-electron chi connectivity index (χ3n) is 6.40. The van der Waals surface area contributed by atoms with E-state index in [4.69, 9.17) is 4.74 Å². The average molecular weight is 528 g/mol. The molecule has 2 N–H and O–H groups in total. The lowest BCUT2D eigenvalue weighted by atomic mass is 10.0. The van der Waals surface area contributed by atoms with Crippen molar-refractivity contribution in [2.45, 2.75) is 6.92 Å². The Morgan fingerprint density at radius 3 is 2.56 bits per heavy atom. The van der Waals surface area contributed by atoms with E-state index in [2.05, 4.69) is 66.2 Å². The Morgan fingerprint density at radius 1 is 0.846 bits per heavy atom. The number of ether oxygens (including phenoxy) is 1. The second kappa shape index (κ2) is 9.62. The van der Waals surface area contributed by atoms with Gasteiger partial charge in [-0.15, -0.1) is 26.6 Å². The number of anilines is 2. The Hall–Kier alpha value is -5.15. The number of nitrogens with one attached hydrogen (secondary N) is 2. The van der Waals surface area contributed by atoms with Gasteiger partial charge in [0.25, 0.3) is 0 Å². The standard InChI is InChI=1S/C30H21N7OS/c1-18-15-26(39-17-18)27-22-5-2-3-6-23(22)29(37-35-27)34-19-8-10-20(11-9-19)38-30-24(7-4-13-32-30)21-12-14-31-28-25(21)16-33-36-28/h2-17H,1H3,(H,34,37)(H,31,33,36). The molecule has 9 heteroatoms. The van der Waals surface area contributed by atoms with Crippen LogP contribution in [0.3, 0.4) is 0 Å². The fourth-order valence-electron chi connectivity index (χ4n) is 4.56. The molecule has 0 unspecified atom stereocenters. The van der Waals surface area contributed by atoms with Crippen LogP contribution >= 0.6 is 11.3 Å². The summed E-state index contributed by atoms with van der Waals surface area (Å²) >= 11 is 1.68. The van der Waals surface area contributed by atoms with Crippen molar-refractivity contribution in [3.8, 4) is 44.7 Å². The highest BCUT2D eigenvalue weighted by molar-refractivity contribution is 7.13. The number of nitrogens with zero attached hydrogens (tertiary/aromatic N) is 5. The van der Waals surface area contributed by atoms with E-state index in [1.807, 2.05) is 60.8 Å². The van der Waals surface area contributed by atoms with E-state index in [1.54, 1.807) is 23.7 Å². The van der Waals surface area contributed by atoms with Gasteiger partial charge in [-0.3, -0.25) is 0 Å². The van der Waals surface area contributed by atoms with Crippen LogP contribution in [0.4, 0.5) is 11.5 Å². The number of aromatic amines is 1. The SMILES string of the molecule is Cc1csc(-c2nnc(Nc3ccc(Oc4ncccc4-c4cc[nH]c5nncc4-5)cc3)c3ccccc23)c1. The molecule has 0 fully saturated rings. The molecule has 2 aliphatic rings. The maximum atomic E-state index is 6.21. The van der Waals surface area contributed by atoms with Crippen LogP contribution in [0.25, 0.3) is 43.9 Å². The van der Waals surface area contributed by atoms with Crippen molar-refractivity contribution >= 4 is 33.6 Å². The van der Waals surface area contributed by atoms with E-state index in [1.165, 1.54) is 5.56 Å². The molecule has 8 nitrogen and oxygen atoms in total. The second-order valence-electron chi connectivity index (χ2n) is 9.04. The Morgan fingerprint density at radius 2 is 1.72 bits per heavy atom. The van der Waals surface area contributed by atoms with Crippen molar-refractivity contribution in [3.05, 3.63) is 102 Å². The third kappa shape index (κ3) is 4.34. The topological polar surface area (TPSA) is 102 Å². The minimum absolute atomic E-state index is 0.503. The van der Waals surface area contributed by atoms with E-state index in [9.17, 15) is 0 Å². The molecule has 0 radical (unpaired) electrons. The molecule has 0 aliphatic carbocycles. The number of hydrogen-bond donors (Lipinski definition) is 2. The number of aryl methyl sites for hydroxylation is 1. The molecular weight excluding hydrogens is 506 g/mol. The van der Waals surface area contributed by atoms with Gasteiger partial charge < -0.3 is 15.0 Å². The summed E-state index contributed by atoms with van der Waals surface area (Å²) < 4.78 is 6.21. The molecular formula is C30H21N7OS. The molecule has 39 heavy (non-hydrogen) atoms. The molecule has 0 bridgehead atoms. The first-order valence-electron chi connectivity index (χ1n) is 12.3. The van der Waals surface area contributed by atoms with Gasteiger partial charge in [0.1, 0.15) is 11.4 Å². The summed E-state index contributed by atoms with van der Waals surface area (Å²) in [6, 6.07) is 23.9. The van der Waals surface area contributed by atoms with Crippen LogP contribution in [-0.4, -0.2) is 30.4 Å². The van der Waals surface area contributed by atoms with Crippen molar-refractivity contribution in [2.75, 3.05) is 5.32 Å². The van der Waals surface area contributed by atoms with Crippen LogP contribution in [0.5, 0.6) is 11.6 Å². The monoisotopic (exact) mass is 527 g/mol. The summed E-state index contributed by atoms with van der Waals surface area (Å²) in [4.78, 5) is 8.71. The molecule has 0 amide bonds. The van der Waals surface area contributed by atoms with Gasteiger partial charge in [0.15, 0.2) is 11.6 Å². The quantitative estimate of drug-likeness (QED) is 0.231. The number of pyridine rings is 2. The van der Waals surface area contributed by atoms with Crippen molar-refractivity contribution in [2.24, 2.45) is 0 Å². The normalized spacial score (nSPS) is 11.2. The van der Waals surface area contributed by atoms with E-state index in [-0.39, 0.29) is 0 Å². The first-order chi connectivity index (χ1) is 19.2. The zero-order valence-corrected chi connectivity index (χ0v) is 21.6. The van der Waals surface area contributed by atoms with Gasteiger partial charge in [0.05, 0.1) is 11.1 Å². The van der Waals surface area contributed by atoms with Gasteiger partial charge in [-0.05, 0) is 66.4 Å². The van der Waals surface area contributed by atoms with Crippen LogP contribution in [-0.2, 0) is 0 Å². The molecule has 0 saturated heterocycles. The minimum Gasteiger partial charge on any atom is -0.438 e. The molecule has 5 heterocycles. The number of rotatable bonds is 6. The summed E-state index contributed by atoms with van der Waals surface area (Å²) in [5.41, 5.74) is 5.70. The van der Waals surface area contributed by atoms with Crippen molar-refractivity contribution in [3.63, 3.8) is 0 Å². The highest BCUT2D eigenvalue weighted by Crippen LogP contribution is 2.38. The van der Waals surface area contributed by atoms with Crippen molar-refractivity contribution < 1.29 is 4.74 Å². The molecule has 2 aliphatic heterocycles. The van der Waals surface area contributed by atoms with E-state index < -0.39 is 0 Å². The van der Waals surface area contributed by atoms with Crippen LogP contribution < -0.4 is 10.1 Å². The number of fused-ring (bicyclic) bond motifs is 2. The van der Waals surface area contributed by atoms with Gasteiger partial charge in [-0.2, -0.15) is 5.10 Å². The summed E-state index contributed by atoms with van der Waals surface area (Å²) in [6.45, 7) is 2.09. The van der Waals surface area contributed by atoms with Gasteiger partial charge in [-0.25, -0.2) is 4.98 Å². The minimum atomic E-state index is 0.503. The fraction of sp³-hybridized carbons (Fsp3) is 0.0333. The molecule has 188 valence electrons. The second-order valence-corrected chi connectivity index (χ2v) is 9.95.